The lowest BCUT2D eigenvalue weighted by molar-refractivity contribution is 0.761. The first-order valence-corrected chi connectivity index (χ1v) is 4.96. The number of benzene rings is 1. The summed E-state index contributed by atoms with van der Waals surface area (Å²) in [5.74, 6) is 0. The number of halogens is 1. The van der Waals surface area contributed by atoms with E-state index in [9.17, 15) is 0 Å². The third kappa shape index (κ3) is 1.69. The average Bonchev–Trinajstić information content (AvgIpc) is 2.67. The summed E-state index contributed by atoms with van der Waals surface area (Å²) in [6.45, 7) is 0.434. The van der Waals surface area contributed by atoms with Crippen molar-refractivity contribution in [1.29, 1.82) is 0 Å². The highest BCUT2D eigenvalue weighted by Crippen LogP contribution is 2.14. The second kappa shape index (κ2) is 3.89. The largest absolute Gasteiger partial charge is 0.325 e. The minimum atomic E-state index is 0.434. The van der Waals surface area contributed by atoms with E-state index in [2.05, 4.69) is 26.2 Å². The van der Waals surface area contributed by atoms with Crippen LogP contribution >= 0.6 is 15.9 Å². The van der Waals surface area contributed by atoms with Gasteiger partial charge in [-0.3, -0.25) is 0 Å². The molecule has 0 atom stereocenters. The maximum atomic E-state index is 5.55. The van der Waals surface area contributed by atoms with Crippen LogP contribution in [0.3, 0.4) is 0 Å². The fraction of sp³-hybridized carbons (Fsp3) is 0.111. The Morgan fingerprint density at radius 3 is 2.64 bits per heavy atom. The molecule has 14 heavy (non-hydrogen) atoms. The van der Waals surface area contributed by atoms with E-state index in [0.717, 1.165) is 15.9 Å². The van der Waals surface area contributed by atoms with Crippen LogP contribution in [0, 0.1) is 0 Å². The Bertz CT molecular complexity index is 421. The highest BCUT2D eigenvalue weighted by Gasteiger charge is 2.03. The Kier molecular flexibility index (Phi) is 2.60. The van der Waals surface area contributed by atoms with Crippen LogP contribution in [0.1, 0.15) is 5.69 Å². The van der Waals surface area contributed by atoms with Gasteiger partial charge in [0, 0.05) is 11.0 Å². The van der Waals surface area contributed by atoms with E-state index in [1.165, 1.54) is 0 Å². The number of hydrogen-bond acceptors (Lipinski definition) is 3. The molecule has 2 rings (SSSR count). The zero-order valence-electron chi connectivity index (χ0n) is 7.39. The summed E-state index contributed by atoms with van der Waals surface area (Å²) in [6.07, 6.45) is 1.67. The summed E-state index contributed by atoms with van der Waals surface area (Å²) in [5.41, 5.74) is 7.41. The summed E-state index contributed by atoms with van der Waals surface area (Å²) in [5, 5.41) is 7.77. The fourth-order valence-electron chi connectivity index (χ4n) is 1.20. The van der Waals surface area contributed by atoms with E-state index in [1.807, 2.05) is 24.3 Å². The quantitative estimate of drug-likeness (QED) is 0.882. The molecule has 0 saturated carbocycles. The van der Waals surface area contributed by atoms with Gasteiger partial charge in [0.15, 0.2) is 0 Å². The van der Waals surface area contributed by atoms with Crippen molar-refractivity contribution in [1.82, 2.24) is 15.0 Å². The van der Waals surface area contributed by atoms with Crippen LogP contribution in [0.5, 0.6) is 0 Å². The Morgan fingerprint density at radius 1 is 1.29 bits per heavy atom. The van der Waals surface area contributed by atoms with E-state index in [1.54, 1.807) is 10.9 Å². The highest BCUT2D eigenvalue weighted by molar-refractivity contribution is 9.10. The lowest BCUT2D eigenvalue weighted by atomic mass is 10.3. The molecule has 0 bridgehead atoms. The molecule has 72 valence electrons. The average molecular weight is 253 g/mol. The minimum Gasteiger partial charge on any atom is -0.325 e. The SMILES string of the molecule is NCc1cnnn1-c1ccc(Br)cc1. The van der Waals surface area contributed by atoms with Gasteiger partial charge in [-0.15, -0.1) is 5.10 Å². The Labute approximate surface area is 89.9 Å². The third-order valence-electron chi connectivity index (χ3n) is 1.90. The molecule has 0 saturated heterocycles. The van der Waals surface area contributed by atoms with Crippen LogP contribution < -0.4 is 5.73 Å². The number of rotatable bonds is 2. The topological polar surface area (TPSA) is 56.7 Å². The van der Waals surface area contributed by atoms with Crippen molar-refractivity contribution < 1.29 is 0 Å². The first-order chi connectivity index (χ1) is 6.81. The van der Waals surface area contributed by atoms with Crippen LogP contribution in [-0.2, 0) is 6.54 Å². The lowest BCUT2D eigenvalue weighted by Crippen LogP contribution is -2.06. The van der Waals surface area contributed by atoms with E-state index < -0.39 is 0 Å². The van der Waals surface area contributed by atoms with Crippen LogP contribution in [0.15, 0.2) is 34.9 Å². The van der Waals surface area contributed by atoms with E-state index >= 15 is 0 Å². The Morgan fingerprint density at radius 2 is 2.00 bits per heavy atom. The molecule has 0 aliphatic heterocycles. The molecule has 0 unspecified atom stereocenters. The summed E-state index contributed by atoms with van der Waals surface area (Å²) in [7, 11) is 0. The highest BCUT2D eigenvalue weighted by atomic mass is 79.9. The van der Waals surface area contributed by atoms with Gasteiger partial charge in [0.25, 0.3) is 0 Å². The molecule has 0 amide bonds. The second-order valence-corrected chi connectivity index (χ2v) is 3.73. The zero-order valence-corrected chi connectivity index (χ0v) is 8.98. The maximum Gasteiger partial charge on any atom is 0.0781 e. The smallest absolute Gasteiger partial charge is 0.0781 e. The summed E-state index contributed by atoms with van der Waals surface area (Å²) in [6, 6.07) is 7.82. The second-order valence-electron chi connectivity index (χ2n) is 2.82. The third-order valence-corrected chi connectivity index (χ3v) is 2.43. The summed E-state index contributed by atoms with van der Waals surface area (Å²) >= 11 is 3.37. The van der Waals surface area contributed by atoms with Crippen molar-refractivity contribution in [2.24, 2.45) is 5.73 Å². The van der Waals surface area contributed by atoms with Gasteiger partial charge in [0.05, 0.1) is 17.6 Å². The van der Waals surface area contributed by atoms with Crippen molar-refractivity contribution in [3.8, 4) is 5.69 Å². The predicted molar refractivity (Wildman–Crippen MR) is 57.0 cm³/mol. The molecule has 1 heterocycles. The molecular weight excluding hydrogens is 244 g/mol. The lowest BCUT2D eigenvalue weighted by Gasteiger charge is -2.03. The van der Waals surface area contributed by atoms with Gasteiger partial charge in [-0.25, -0.2) is 4.68 Å². The molecular formula is C9H9BrN4. The van der Waals surface area contributed by atoms with Gasteiger partial charge in [-0.1, -0.05) is 21.1 Å². The first kappa shape index (κ1) is 9.36. The maximum absolute atomic E-state index is 5.55. The Balaban J connectivity index is 2.44. The summed E-state index contributed by atoms with van der Waals surface area (Å²) in [4.78, 5) is 0. The molecule has 0 radical (unpaired) electrons. The fourth-order valence-corrected chi connectivity index (χ4v) is 1.46. The van der Waals surface area contributed by atoms with Crippen LogP contribution in [0.2, 0.25) is 0 Å². The molecule has 2 N–H and O–H groups in total. The van der Waals surface area contributed by atoms with Crippen molar-refractivity contribution in [3.63, 3.8) is 0 Å². The Hall–Kier alpha value is -1.20. The normalized spacial score (nSPS) is 10.4. The van der Waals surface area contributed by atoms with Gasteiger partial charge in [0.2, 0.25) is 0 Å². The van der Waals surface area contributed by atoms with Crippen molar-refractivity contribution in [3.05, 3.63) is 40.6 Å². The van der Waals surface area contributed by atoms with Gasteiger partial charge < -0.3 is 5.73 Å². The zero-order chi connectivity index (χ0) is 9.97. The van der Waals surface area contributed by atoms with Gasteiger partial charge in [-0.2, -0.15) is 0 Å². The molecule has 0 fully saturated rings. The number of aromatic nitrogens is 3. The van der Waals surface area contributed by atoms with Crippen LogP contribution in [0.4, 0.5) is 0 Å². The molecule has 1 aromatic carbocycles. The van der Waals surface area contributed by atoms with Crippen LogP contribution in [0.25, 0.3) is 5.69 Å². The number of hydrogen-bond donors (Lipinski definition) is 1. The molecule has 4 nitrogen and oxygen atoms in total. The molecule has 0 spiro atoms. The molecule has 0 aliphatic carbocycles. The van der Waals surface area contributed by atoms with Crippen molar-refractivity contribution in [2.45, 2.75) is 6.54 Å². The minimum absolute atomic E-state index is 0.434. The van der Waals surface area contributed by atoms with E-state index in [-0.39, 0.29) is 0 Å². The number of nitrogens with two attached hydrogens (primary N) is 1. The van der Waals surface area contributed by atoms with E-state index in [4.69, 9.17) is 5.73 Å². The van der Waals surface area contributed by atoms with Crippen molar-refractivity contribution >= 4 is 15.9 Å². The van der Waals surface area contributed by atoms with Gasteiger partial charge in [-0.05, 0) is 24.3 Å². The number of nitrogens with zero attached hydrogens (tertiary/aromatic N) is 3. The molecule has 0 aliphatic rings. The summed E-state index contributed by atoms with van der Waals surface area (Å²) < 4.78 is 2.77. The van der Waals surface area contributed by atoms with Crippen LogP contribution in [-0.4, -0.2) is 15.0 Å². The molecule has 5 heteroatoms. The monoisotopic (exact) mass is 252 g/mol. The van der Waals surface area contributed by atoms with Crippen molar-refractivity contribution in [2.75, 3.05) is 0 Å². The molecule has 2 aromatic rings. The van der Waals surface area contributed by atoms with E-state index in [0.29, 0.717) is 6.54 Å². The standard InChI is InChI=1S/C9H9BrN4/c10-7-1-3-8(4-2-7)14-9(5-11)6-12-13-14/h1-4,6H,5,11H2. The van der Waals surface area contributed by atoms with Gasteiger partial charge >= 0.3 is 0 Å². The molecule has 1 aromatic heterocycles. The van der Waals surface area contributed by atoms with Gasteiger partial charge in [0.1, 0.15) is 0 Å². The first-order valence-electron chi connectivity index (χ1n) is 4.17. The predicted octanol–water partition coefficient (Wildman–Crippen LogP) is 1.49.